The number of aromatic hydroxyl groups is 1. The summed E-state index contributed by atoms with van der Waals surface area (Å²) in [6.07, 6.45) is -2.00. The number of benzene rings is 1. The number of rotatable bonds is 2. The van der Waals surface area contributed by atoms with E-state index in [4.69, 9.17) is 5.73 Å². The van der Waals surface area contributed by atoms with Crippen molar-refractivity contribution in [3.8, 4) is 5.75 Å². The number of amides is 1. The summed E-state index contributed by atoms with van der Waals surface area (Å²) in [5.74, 6) is -8.74. The lowest BCUT2D eigenvalue weighted by Crippen LogP contribution is -2.69. The zero-order chi connectivity index (χ0) is 24.8. The lowest BCUT2D eigenvalue weighted by molar-refractivity contribution is -0.160. The number of primary amides is 1. The van der Waals surface area contributed by atoms with Gasteiger partial charge in [-0.15, -0.1) is 0 Å². The van der Waals surface area contributed by atoms with E-state index in [-0.39, 0.29) is 5.56 Å². The van der Waals surface area contributed by atoms with Crippen LogP contribution in [0.1, 0.15) is 22.8 Å². The van der Waals surface area contributed by atoms with Gasteiger partial charge in [-0.3, -0.25) is 24.1 Å². The first-order chi connectivity index (χ1) is 15.2. The number of ketones is 3. The second kappa shape index (κ2) is 6.81. The second-order valence-electron chi connectivity index (χ2n) is 8.82. The molecule has 4 rings (SSSR count). The van der Waals surface area contributed by atoms with Crippen LogP contribution in [0.4, 0.5) is 0 Å². The minimum atomic E-state index is -3.08. The standard InChI is InChI=1S/C22H22N2O9/c1-21(32)7-5-4-6-8(25)9(7)15(26)10-12(21)17(28)13-14(24(2)3)16(27)11(20(23)31)19(30)22(13,33)18(10)29/h4-6,13-14,17,25,28,30,32-33H,1-3H3,(H2,23,31). The smallest absolute Gasteiger partial charge is 0.255 e. The van der Waals surface area contributed by atoms with Crippen molar-refractivity contribution in [1.82, 2.24) is 4.90 Å². The molecule has 3 aliphatic carbocycles. The van der Waals surface area contributed by atoms with Gasteiger partial charge < -0.3 is 31.3 Å². The van der Waals surface area contributed by atoms with Crippen LogP contribution in [0.2, 0.25) is 0 Å². The summed E-state index contributed by atoms with van der Waals surface area (Å²) in [6.45, 7) is 1.19. The molecule has 5 atom stereocenters. The summed E-state index contributed by atoms with van der Waals surface area (Å²) in [6, 6.07) is 2.31. The van der Waals surface area contributed by atoms with Crippen molar-refractivity contribution in [1.29, 1.82) is 0 Å². The minimum Gasteiger partial charge on any atom is -0.508 e. The molecular weight excluding hydrogens is 436 g/mol. The number of nitrogens with zero attached hydrogens (tertiary/aromatic N) is 1. The molecule has 11 nitrogen and oxygen atoms in total. The molecule has 11 heteroatoms. The Kier molecular flexibility index (Phi) is 4.71. The lowest BCUT2D eigenvalue weighted by atomic mass is 9.56. The molecule has 1 aromatic rings. The third kappa shape index (κ3) is 2.58. The van der Waals surface area contributed by atoms with E-state index in [0.29, 0.717) is 0 Å². The average Bonchev–Trinajstić information content (AvgIpc) is 2.70. The van der Waals surface area contributed by atoms with Crippen molar-refractivity contribution in [2.75, 3.05) is 14.1 Å². The van der Waals surface area contributed by atoms with Gasteiger partial charge in [0.15, 0.2) is 11.4 Å². The first kappa shape index (κ1) is 22.8. The highest BCUT2D eigenvalue weighted by molar-refractivity contribution is 6.33. The molecule has 0 spiro atoms. The SMILES string of the molecule is CN(C)C1C(=O)C(C(N)=O)=C(O)C2(O)C(=O)C3=C(C(O)C12)C(C)(O)c1cccc(O)c1C3=O. The van der Waals surface area contributed by atoms with E-state index in [0.717, 1.165) is 6.07 Å². The topological polar surface area (TPSA) is 199 Å². The molecule has 1 amide bonds. The first-order valence-electron chi connectivity index (χ1n) is 9.94. The normalized spacial score (nSPS) is 33.8. The number of aliphatic hydroxyl groups is 4. The van der Waals surface area contributed by atoms with Crippen LogP contribution in [0.5, 0.6) is 5.75 Å². The molecule has 1 aromatic carbocycles. The number of aliphatic hydroxyl groups excluding tert-OH is 2. The Morgan fingerprint density at radius 1 is 1.12 bits per heavy atom. The van der Waals surface area contributed by atoms with Gasteiger partial charge >= 0.3 is 0 Å². The van der Waals surface area contributed by atoms with Crippen molar-refractivity contribution < 1.29 is 44.7 Å². The first-order valence-corrected chi connectivity index (χ1v) is 9.94. The van der Waals surface area contributed by atoms with Gasteiger partial charge in [-0.25, -0.2) is 0 Å². The van der Waals surface area contributed by atoms with Gasteiger partial charge in [-0.1, -0.05) is 12.1 Å². The molecule has 0 saturated heterocycles. The van der Waals surface area contributed by atoms with Gasteiger partial charge in [0.25, 0.3) is 5.91 Å². The second-order valence-corrected chi connectivity index (χ2v) is 8.82. The largest absolute Gasteiger partial charge is 0.508 e. The van der Waals surface area contributed by atoms with Crippen molar-refractivity contribution in [2.24, 2.45) is 11.7 Å². The van der Waals surface area contributed by atoms with Crippen LogP contribution in [0, 0.1) is 5.92 Å². The van der Waals surface area contributed by atoms with Crippen molar-refractivity contribution in [2.45, 2.75) is 30.3 Å². The van der Waals surface area contributed by atoms with E-state index >= 15 is 0 Å². The highest BCUT2D eigenvalue weighted by Crippen LogP contribution is 2.53. The molecule has 0 fully saturated rings. The maximum atomic E-state index is 13.6. The van der Waals surface area contributed by atoms with Crippen molar-refractivity contribution in [3.05, 3.63) is 51.8 Å². The van der Waals surface area contributed by atoms with E-state index in [2.05, 4.69) is 0 Å². The van der Waals surface area contributed by atoms with E-state index in [1.807, 2.05) is 0 Å². The molecule has 0 saturated carbocycles. The zero-order valence-electron chi connectivity index (χ0n) is 17.9. The molecule has 174 valence electrons. The molecule has 33 heavy (non-hydrogen) atoms. The summed E-state index contributed by atoms with van der Waals surface area (Å²) < 4.78 is 0. The molecular formula is C22H22N2O9. The van der Waals surface area contributed by atoms with Crippen LogP contribution in [-0.4, -0.2) is 85.5 Å². The highest BCUT2D eigenvalue weighted by Gasteiger charge is 2.68. The molecule has 0 bridgehead atoms. The monoisotopic (exact) mass is 458 g/mol. The molecule has 0 aromatic heterocycles. The van der Waals surface area contributed by atoms with Gasteiger partial charge in [-0.05, 0) is 27.1 Å². The summed E-state index contributed by atoms with van der Waals surface area (Å²) in [5.41, 5.74) is -2.92. The molecule has 0 radical (unpaired) electrons. The fourth-order valence-corrected chi connectivity index (χ4v) is 5.31. The van der Waals surface area contributed by atoms with Gasteiger partial charge in [0.05, 0.1) is 29.2 Å². The Balaban J connectivity index is 2.10. The number of Topliss-reactive ketones (excluding diaryl/α,β-unsaturated/α-hetero) is 3. The van der Waals surface area contributed by atoms with E-state index < -0.39 is 86.3 Å². The van der Waals surface area contributed by atoms with Gasteiger partial charge in [0.2, 0.25) is 11.6 Å². The Bertz CT molecular complexity index is 1230. The fourth-order valence-electron chi connectivity index (χ4n) is 5.31. The molecule has 5 unspecified atom stereocenters. The van der Waals surface area contributed by atoms with Crippen LogP contribution < -0.4 is 5.73 Å². The number of carbonyl (C=O) groups is 4. The summed E-state index contributed by atoms with van der Waals surface area (Å²) in [4.78, 5) is 53.1. The van der Waals surface area contributed by atoms with Crippen molar-refractivity contribution >= 4 is 23.3 Å². The predicted octanol–water partition coefficient (Wildman–Crippen LogP) is -1.81. The van der Waals surface area contributed by atoms with Gasteiger partial charge in [0, 0.05) is 11.1 Å². The van der Waals surface area contributed by atoms with Crippen LogP contribution in [-0.2, 0) is 20.0 Å². The number of carbonyl (C=O) groups excluding carboxylic acids is 4. The maximum Gasteiger partial charge on any atom is 0.255 e. The molecule has 0 heterocycles. The van der Waals surface area contributed by atoms with Crippen molar-refractivity contribution in [3.63, 3.8) is 0 Å². The highest BCUT2D eigenvalue weighted by atomic mass is 16.4. The number of hydrogen-bond acceptors (Lipinski definition) is 10. The Morgan fingerprint density at radius 3 is 2.27 bits per heavy atom. The number of likely N-dealkylation sites (N-methyl/N-ethyl adjacent to an activating group) is 1. The van der Waals surface area contributed by atoms with E-state index in [9.17, 15) is 44.7 Å². The predicted molar refractivity (Wildman–Crippen MR) is 110 cm³/mol. The van der Waals surface area contributed by atoms with Crippen LogP contribution in [0.25, 0.3) is 0 Å². The van der Waals surface area contributed by atoms with E-state index in [1.165, 1.54) is 38.1 Å². The zero-order valence-corrected chi connectivity index (χ0v) is 17.9. The summed E-state index contributed by atoms with van der Waals surface area (Å²) in [5, 5.41) is 55.1. The lowest BCUT2D eigenvalue weighted by Gasteiger charge is -2.52. The Morgan fingerprint density at radius 2 is 1.73 bits per heavy atom. The number of fused-ring (bicyclic) bond motifs is 2. The molecule has 3 aliphatic rings. The number of hydrogen-bond donors (Lipinski definition) is 6. The number of phenolic OH excluding ortho intramolecular Hbond substituents is 1. The Hall–Kier alpha value is -3.38. The molecule has 0 aliphatic heterocycles. The van der Waals surface area contributed by atoms with Crippen LogP contribution in [0.3, 0.4) is 0 Å². The van der Waals surface area contributed by atoms with Gasteiger partial charge in [-0.2, -0.15) is 0 Å². The summed E-state index contributed by atoms with van der Waals surface area (Å²) >= 11 is 0. The summed E-state index contributed by atoms with van der Waals surface area (Å²) in [7, 11) is 2.76. The minimum absolute atomic E-state index is 0.0929. The Labute approximate surface area is 187 Å². The third-order valence-electron chi connectivity index (χ3n) is 6.76. The molecule has 7 N–H and O–H groups in total. The fraction of sp³-hybridized carbons (Fsp3) is 0.364. The quantitative estimate of drug-likeness (QED) is 0.275. The van der Waals surface area contributed by atoms with Gasteiger partial charge in [0.1, 0.15) is 22.7 Å². The number of phenols is 1. The van der Waals surface area contributed by atoms with Crippen LogP contribution in [0.15, 0.2) is 40.7 Å². The average molecular weight is 458 g/mol. The number of nitrogens with two attached hydrogens (primary N) is 1. The van der Waals surface area contributed by atoms with E-state index in [1.54, 1.807) is 0 Å². The van der Waals surface area contributed by atoms with Crippen LogP contribution >= 0.6 is 0 Å². The maximum absolute atomic E-state index is 13.6. The third-order valence-corrected chi connectivity index (χ3v) is 6.76.